The Morgan fingerprint density at radius 3 is 2.82 bits per heavy atom. The van der Waals surface area contributed by atoms with Crippen LogP contribution in [0.2, 0.25) is 0 Å². The molecule has 4 atom stereocenters. The van der Waals surface area contributed by atoms with Gasteiger partial charge in [0, 0.05) is 13.0 Å². The molecule has 11 heavy (non-hydrogen) atoms. The Balaban J connectivity index is 1.84. The molecule has 0 amide bonds. The summed E-state index contributed by atoms with van der Waals surface area (Å²) in [6, 6.07) is 0. The Bertz CT molecular complexity index is 188. The van der Waals surface area contributed by atoms with E-state index in [-0.39, 0.29) is 5.60 Å². The van der Waals surface area contributed by atoms with Gasteiger partial charge >= 0.3 is 0 Å². The Morgan fingerprint density at radius 1 is 1.36 bits per heavy atom. The van der Waals surface area contributed by atoms with Crippen LogP contribution in [0.25, 0.3) is 0 Å². The second-order valence-electron chi connectivity index (χ2n) is 4.09. The summed E-state index contributed by atoms with van der Waals surface area (Å²) in [7, 11) is 1.86. The van der Waals surface area contributed by atoms with E-state index in [2.05, 4.69) is 0 Å². The lowest BCUT2D eigenvalue weighted by Crippen LogP contribution is -2.53. The van der Waals surface area contributed by atoms with Crippen LogP contribution in [0, 0.1) is 5.92 Å². The van der Waals surface area contributed by atoms with Crippen LogP contribution in [0.15, 0.2) is 0 Å². The zero-order chi connectivity index (χ0) is 7.47. The van der Waals surface area contributed by atoms with E-state index in [9.17, 15) is 0 Å². The SMILES string of the molecule is COC12CCC3OC3C1CC2. The zero-order valence-electron chi connectivity index (χ0n) is 6.88. The van der Waals surface area contributed by atoms with Gasteiger partial charge in [-0.15, -0.1) is 0 Å². The molecule has 1 heterocycles. The third-order valence-electron chi connectivity index (χ3n) is 3.83. The van der Waals surface area contributed by atoms with E-state index in [1.165, 1.54) is 25.7 Å². The number of fused-ring (bicyclic) bond motifs is 3. The Morgan fingerprint density at radius 2 is 2.18 bits per heavy atom. The Hall–Kier alpha value is -0.0800. The fourth-order valence-corrected chi connectivity index (χ4v) is 2.89. The summed E-state index contributed by atoms with van der Waals surface area (Å²) >= 11 is 0. The molecule has 4 unspecified atom stereocenters. The first kappa shape index (κ1) is 6.44. The molecule has 0 aromatic heterocycles. The molecule has 2 nitrogen and oxygen atoms in total. The van der Waals surface area contributed by atoms with Gasteiger partial charge in [0.1, 0.15) is 0 Å². The van der Waals surface area contributed by atoms with Gasteiger partial charge in [-0.25, -0.2) is 0 Å². The molecule has 3 rings (SSSR count). The fraction of sp³-hybridized carbons (Fsp3) is 1.00. The maximum absolute atomic E-state index is 5.59. The molecule has 62 valence electrons. The topological polar surface area (TPSA) is 21.8 Å². The van der Waals surface area contributed by atoms with Gasteiger partial charge in [0.15, 0.2) is 0 Å². The molecule has 2 aliphatic carbocycles. The van der Waals surface area contributed by atoms with Gasteiger partial charge in [-0.2, -0.15) is 0 Å². The second kappa shape index (κ2) is 1.80. The quantitative estimate of drug-likeness (QED) is 0.532. The molecule has 0 bridgehead atoms. The minimum Gasteiger partial charge on any atom is -0.378 e. The lowest BCUT2D eigenvalue weighted by Gasteiger charge is -2.50. The van der Waals surface area contributed by atoms with Crippen LogP contribution in [0.5, 0.6) is 0 Å². The first-order valence-corrected chi connectivity index (χ1v) is 4.56. The summed E-state index contributed by atoms with van der Waals surface area (Å²) in [5, 5.41) is 0. The molecular weight excluding hydrogens is 140 g/mol. The summed E-state index contributed by atoms with van der Waals surface area (Å²) in [6.07, 6.45) is 6.25. The van der Waals surface area contributed by atoms with E-state index >= 15 is 0 Å². The van der Waals surface area contributed by atoms with Gasteiger partial charge in [0.05, 0.1) is 17.8 Å². The van der Waals surface area contributed by atoms with Gasteiger partial charge in [-0.05, 0) is 25.7 Å². The predicted molar refractivity (Wildman–Crippen MR) is 40.4 cm³/mol. The van der Waals surface area contributed by atoms with Crippen molar-refractivity contribution in [3.05, 3.63) is 0 Å². The number of rotatable bonds is 1. The van der Waals surface area contributed by atoms with Crippen molar-refractivity contribution in [2.45, 2.75) is 43.5 Å². The van der Waals surface area contributed by atoms with Crippen molar-refractivity contribution in [1.82, 2.24) is 0 Å². The van der Waals surface area contributed by atoms with E-state index in [1.54, 1.807) is 0 Å². The highest BCUT2D eigenvalue weighted by molar-refractivity contribution is 5.12. The third-order valence-corrected chi connectivity index (χ3v) is 3.83. The molecule has 3 fully saturated rings. The van der Waals surface area contributed by atoms with Crippen molar-refractivity contribution in [1.29, 1.82) is 0 Å². The summed E-state index contributed by atoms with van der Waals surface area (Å²) in [6.45, 7) is 0. The van der Waals surface area contributed by atoms with Crippen LogP contribution >= 0.6 is 0 Å². The lowest BCUT2D eigenvalue weighted by molar-refractivity contribution is -0.141. The highest BCUT2D eigenvalue weighted by atomic mass is 16.6. The Labute approximate surface area is 66.9 Å². The highest BCUT2D eigenvalue weighted by Gasteiger charge is 2.62. The van der Waals surface area contributed by atoms with Crippen LogP contribution in [0.3, 0.4) is 0 Å². The highest BCUT2D eigenvalue weighted by Crippen LogP contribution is 2.57. The molecule has 1 saturated heterocycles. The van der Waals surface area contributed by atoms with Crippen molar-refractivity contribution in [2.75, 3.05) is 7.11 Å². The largest absolute Gasteiger partial charge is 0.378 e. The third kappa shape index (κ3) is 0.651. The average Bonchev–Trinajstić information content (AvgIpc) is 2.67. The molecule has 0 N–H and O–H groups in total. The monoisotopic (exact) mass is 154 g/mol. The molecule has 3 aliphatic rings. The Kier molecular flexibility index (Phi) is 1.06. The number of methoxy groups -OCH3 is 1. The van der Waals surface area contributed by atoms with Crippen molar-refractivity contribution in [3.8, 4) is 0 Å². The standard InChI is InChI=1S/C9H14O2/c1-10-9-4-2-6(9)8-7(11-8)3-5-9/h6-8H,2-5H2,1H3. The maximum atomic E-state index is 5.59. The fourth-order valence-electron chi connectivity index (χ4n) is 2.89. The first-order valence-electron chi connectivity index (χ1n) is 4.56. The van der Waals surface area contributed by atoms with Gasteiger partial charge < -0.3 is 9.47 Å². The van der Waals surface area contributed by atoms with E-state index < -0.39 is 0 Å². The molecule has 0 aromatic rings. The maximum Gasteiger partial charge on any atom is 0.0897 e. The van der Waals surface area contributed by atoms with Gasteiger partial charge in [0.2, 0.25) is 0 Å². The number of epoxide rings is 1. The molecule has 2 saturated carbocycles. The molecular formula is C9H14O2. The molecule has 0 radical (unpaired) electrons. The summed E-state index contributed by atoms with van der Waals surface area (Å²) < 4.78 is 11.2. The van der Waals surface area contributed by atoms with Crippen LogP contribution in [0.1, 0.15) is 25.7 Å². The van der Waals surface area contributed by atoms with E-state index in [4.69, 9.17) is 9.47 Å². The average molecular weight is 154 g/mol. The van der Waals surface area contributed by atoms with Crippen molar-refractivity contribution < 1.29 is 9.47 Å². The summed E-state index contributed by atoms with van der Waals surface area (Å²) in [5.74, 6) is 0.742. The first-order chi connectivity index (χ1) is 5.36. The van der Waals surface area contributed by atoms with E-state index in [0.29, 0.717) is 12.2 Å². The van der Waals surface area contributed by atoms with Crippen LogP contribution in [-0.4, -0.2) is 24.9 Å². The van der Waals surface area contributed by atoms with Gasteiger partial charge in [-0.1, -0.05) is 0 Å². The van der Waals surface area contributed by atoms with Crippen molar-refractivity contribution in [2.24, 2.45) is 5.92 Å². The van der Waals surface area contributed by atoms with Crippen molar-refractivity contribution >= 4 is 0 Å². The molecule has 2 heteroatoms. The zero-order valence-corrected chi connectivity index (χ0v) is 6.88. The van der Waals surface area contributed by atoms with Gasteiger partial charge in [-0.3, -0.25) is 0 Å². The second-order valence-corrected chi connectivity index (χ2v) is 4.09. The normalized spacial score (nSPS) is 59.2. The molecule has 1 aliphatic heterocycles. The number of hydrogen-bond donors (Lipinski definition) is 0. The number of hydrogen-bond acceptors (Lipinski definition) is 2. The lowest BCUT2D eigenvalue weighted by atomic mass is 9.61. The molecule has 0 spiro atoms. The number of ether oxygens (including phenoxy) is 2. The van der Waals surface area contributed by atoms with E-state index in [0.717, 1.165) is 5.92 Å². The predicted octanol–water partition coefficient (Wildman–Crippen LogP) is 1.34. The molecule has 0 aromatic carbocycles. The minimum absolute atomic E-state index is 0.248. The summed E-state index contributed by atoms with van der Waals surface area (Å²) in [5.41, 5.74) is 0.248. The smallest absolute Gasteiger partial charge is 0.0897 e. The minimum atomic E-state index is 0.248. The summed E-state index contributed by atoms with van der Waals surface area (Å²) in [4.78, 5) is 0. The van der Waals surface area contributed by atoms with Crippen LogP contribution in [0.4, 0.5) is 0 Å². The van der Waals surface area contributed by atoms with Crippen LogP contribution < -0.4 is 0 Å². The van der Waals surface area contributed by atoms with Gasteiger partial charge in [0.25, 0.3) is 0 Å². The van der Waals surface area contributed by atoms with Crippen molar-refractivity contribution in [3.63, 3.8) is 0 Å². The van der Waals surface area contributed by atoms with E-state index in [1.807, 2.05) is 7.11 Å². The van der Waals surface area contributed by atoms with Crippen LogP contribution in [-0.2, 0) is 9.47 Å².